The molecule has 2 aromatic carbocycles. The van der Waals surface area contributed by atoms with Crippen molar-refractivity contribution < 1.29 is 4.74 Å². The van der Waals surface area contributed by atoms with E-state index in [-0.39, 0.29) is 0 Å². The smallest absolute Gasteiger partial charge is 0.133 e. The van der Waals surface area contributed by atoms with Gasteiger partial charge in [-0.15, -0.1) is 0 Å². The van der Waals surface area contributed by atoms with Gasteiger partial charge in [-0.1, -0.05) is 52.3 Å². The van der Waals surface area contributed by atoms with Crippen molar-refractivity contribution in [2.24, 2.45) is 7.05 Å². The number of aromatic nitrogens is 2. The predicted molar refractivity (Wildman–Crippen MR) is 84.1 cm³/mol. The van der Waals surface area contributed by atoms with Crippen LogP contribution in [0.2, 0.25) is 0 Å². The largest absolute Gasteiger partial charge is 0.487 e. The summed E-state index contributed by atoms with van der Waals surface area (Å²) in [5, 5.41) is 6.47. The SMILES string of the molecule is Cn1nc(COc2ccccc2CBr)c2ccccc21. The average Bonchev–Trinajstić information content (AvgIpc) is 2.82. The van der Waals surface area contributed by atoms with Crippen molar-refractivity contribution in [1.82, 2.24) is 9.78 Å². The summed E-state index contributed by atoms with van der Waals surface area (Å²) in [5.41, 5.74) is 3.24. The van der Waals surface area contributed by atoms with Gasteiger partial charge in [-0.2, -0.15) is 5.10 Å². The molecule has 0 spiro atoms. The lowest BCUT2D eigenvalue weighted by molar-refractivity contribution is 0.299. The molecule has 1 aromatic heterocycles. The minimum Gasteiger partial charge on any atom is -0.487 e. The number of aryl methyl sites for hydroxylation is 1. The Labute approximate surface area is 126 Å². The fraction of sp³-hybridized carbons (Fsp3) is 0.188. The number of hydrogen-bond donors (Lipinski definition) is 0. The van der Waals surface area contributed by atoms with Crippen molar-refractivity contribution in [3.05, 3.63) is 59.8 Å². The molecule has 0 aliphatic rings. The van der Waals surface area contributed by atoms with Crippen molar-refractivity contribution in [3.8, 4) is 5.75 Å². The molecule has 0 bridgehead atoms. The molecule has 1 heterocycles. The second kappa shape index (κ2) is 5.67. The summed E-state index contributed by atoms with van der Waals surface area (Å²) < 4.78 is 7.82. The van der Waals surface area contributed by atoms with Crippen LogP contribution in [0.4, 0.5) is 0 Å². The number of rotatable bonds is 4. The molecule has 102 valence electrons. The van der Waals surface area contributed by atoms with Crippen LogP contribution in [-0.4, -0.2) is 9.78 Å². The zero-order chi connectivity index (χ0) is 13.9. The number of nitrogens with zero attached hydrogens (tertiary/aromatic N) is 2. The summed E-state index contributed by atoms with van der Waals surface area (Å²) in [7, 11) is 1.96. The molecule has 0 radical (unpaired) electrons. The van der Waals surface area contributed by atoms with Gasteiger partial charge in [0.15, 0.2) is 0 Å². The van der Waals surface area contributed by atoms with Crippen LogP contribution >= 0.6 is 15.9 Å². The third-order valence-corrected chi connectivity index (χ3v) is 3.92. The Hall–Kier alpha value is -1.81. The third kappa shape index (κ3) is 2.43. The first-order valence-corrected chi connectivity index (χ1v) is 7.59. The summed E-state index contributed by atoms with van der Waals surface area (Å²) in [4.78, 5) is 0. The van der Waals surface area contributed by atoms with Gasteiger partial charge in [-0.25, -0.2) is 0 Å². The van der Waals surface area contributed by atoms with E-state index in [2.05, 4.69) is 39.2 Å². The monoisotopic (exact) mass is 330 g/mol. The number of para-hydroxylation sites is 2. The van der Waals surface area contributed by atoms with E-state index in [0.717, 1.165) is 33.2 Å². The Morgan fingerprint density at radius 1 is 1.10 bits per heavy atom. The maximum Gasteiger partial charge on any atom is 0.133 e. The number of ether oxygens (including phenoxy) is 1. The Bertz CT molecular complexity index is 736. The van der Waals surface area contributed by atoms with E-state index in [1.807, 2.05) is 42.1 Å². The number of fused-ring (bicyclic) bond motifs is 1. The Kier molecular flexibility index (Phi) is 3.74. The lowest BCUT2D eigenvalue weighted by atomic mass is 10.2. The van der Waals surface area contributed by atoms with Gasteiger partial charge in [0.25, 0.3) is 0 Å². The van der Waals surface area contributed by atoms with Crippen molar-refractivity contribution in [2.45, 2.75) is 11.9 Å². The maximum absolute atomic E-state index is 5.93. The molecule has 0 atom stereocenters. The molecule has 0 fully saturated rings. The first kappa shape index (κ1) is 13.2. The predicted octanol–water partition coefficient (Wildman–Crippen LogP) is 4.05. The van der Waals surface area contributed by atoms with Crippen LogP contribution in [0.1, 0.15) is 11.3 Å². The van der Waals surface area contributed by atoms with E-state index < -0.39 is 0 Å². The van der Waals surface area contributed by atoms with E-state index in [1.54, 1.807) is 0 Å². The van der Waals surface area contributed by atoms with E-state index in [0.29, 0.717) is 6.61 Å². The second-order valence-corrected chi connectivity index (χ2v) is 5.18. The average molecular weight is 331 g/mol. The van der Waals surface area contributed by atoms with Crippen LogP contribution in [0, 0.1) is 0 Å². The highest BCUT2D eigenvalue weighted by molar-refractivity contribution is 9.08. The number of halogens is 1. The van der Waals surface area contributed by atoms with Crippen molar-refractivity contribution in [1.29, 1.82) is 0 Å². The topological polar surface area (TPSA) is 27.1 Å². The normalized spacial score (nSPS) is 10.9. The molecule has 0 saturated heterocycles. The number of hydrogen-bond acceptors (Lipinski definition) is 2. The van der Waals surface area contributed by atoms with Crippen LogP contribution in [-0.2, 0) is 19.0 Å². The van der Waals surface area contributed by atoms with E-state index in [9.17, 15) is 0 Å². The lowest BCUT2D eigenvalue weighted by Gasteiger charge is -2.08. The van der Waals surface area contributed by atoms with E-state index in [1.165, 1.54) is 0 Å². The highest BCUT2D eigenvalue weighted by Gasteiger charge is 2.09. The van der Waals surface area contributed by atoms with Crippen LogP contribution in [0.5, 0.6) is 5.75 Å². The first-order chi connectivity index (χ1) is 9.79. The van der Waals surface area contributed by atoms with Gasteiger partial charge in [-0.3, -0.25) is 4.68 Å². The minimum absolute atomic E-state index is 0.478. The Morgan fingerprint density at radius 3 is 2.70 bits per heavy atom. The number of alkyl halides is 1. The standard InChI is InChI=1S/C16H15BrN2O/c1-19-15-8-4-3-7-13(15)14(18-19)11-20-16-9-5-2-6-12(16)10-17/h2-9H,10-11H2,1H3. The van der Waals surface area contributed by atoms with E-state index >= 15 is 0 Å². The summed E-state index contributed by atoms with van der Waals surface area (Å²) in [6.07, 6.45) is 0. The second-order valence-electron chi connectivity index (χ2n) is 4.62. The van der Waals surface area contributed by atoms with Crippen molar-refractivity contribution in [3.63, 3.8) is 0 Å². The van der Waals surface area contributed by atoms with E-state index in [4.69, 9.17) is 4.74 Å². The molecule has 0 amide bonds. The van der Waals surface area contributed by atoms with Crippen molar-refractivity contribution >= 4 is 26.8 Å². The lowest BCUT2D eigenvalue weighted by Crippen LogP contribution is -2.00. The van der Waals surface area contributed by atoms with Crippen LogP contribution < -0.4 is 4.74 Å². The van der Waals surface area contributed by atoms with Gasteiger partial charge in [0.1, 0.15) is 18.1 Å². The van der Waals surface area contributed by atoms with Gasteiger partial charge in [0.05, 0.1) is 5.52 Å². The van der Waals surface area contributed by atoms with Crippen LogP contribution in [0.3, 0.4) is 0 Å². The minimum atomic E-state index is 0.478. The first-order valence-electron chi connectivity index (χ1n) is 6.47. The Morgan fingerprint density at radius 2 is 1.85 bits per heavy atom. The molecule has 0 N–H and O–H groups in total. The highest BCUT2D eigenvalue weighted by Crippen LogP contribution is 2.23. The van der Waals surface area contributed by atoms with Gasteiger partial charge in [-0.05, 0) is 12.1 Å². The molecule has 0 aliphatic carbocycles. The van der Waals surface area contributed by atoms with Crippen LogP contribution in [0.25, 0.3) is 10.9 Å². The molecule has 4 heteroatoms. The van der Waals surface area contributed by atoms with Crippen molar-refractivity contribution in [2.75, 3.05) is 0 Å². The molecule has 0 saturated carbocycles. The molecule has 3 rings (SSSR count). The molecule has 3 aromatic rings. The zero-order valence-corrected chi connectivity index (χ0v) is 12.8. The summed E-state index contributed by atoms with van der Waals surface area (Å²) in [6.45, 7) is 0.478. The highest BCUT2D eigenvalue weighted by atomic mass is 79.9. The Balaban J connectivity index is 1.87. The molecule has 20 heavy (non-hydrogen) atoms. The molecular weight excluding hydrogens is 316 g/mol. The maximum atomic E-state index is 5.93. The third-order valence-electron chi connectivity index (χ3n) is 3.32. The fourth-order valence-corrected chi connectivity index (χ4v) is 2.76. The summed E-state index contributed by atoms with van der Waals surface area (Å²) >= 11 is 3.48. The molecular formula is C16H15BrN2O. The van der Waals surface area contributed by atoms with Gasteiger partial charge < -0.3 is 4.74 Å². The van der Waals surface area contributed by atoms with Gasteiger partial charge >= 0.3 is 0 Å². The van der Waals surface area contributed by atoms with Gasteiger partial charge in [0.2, 0.25) is 0 Å². The summed E-state index contributed by atoms with van der Waals surface area (Å²) in [6, 6.07) is 16.2. The molecule has 3 nitrogen and oxygen atoms in total. The fourth-order valence-electron chi connectivity index (χ4n) is 2.30. The molecule has 0 aliphatic heterocycles. The zero-order valence-electron chi connectivity index (χ0n) is 11.2. The quantitative estimate of drug-likeness (QED) is 0.675. The summed E-state index contributed by atoms with van der Waals surface area (Å²) in [5.74, 6) is 0.902. The number of benzene rings is 2. The van der Waals surface area contributed by atoms with Crippen LogP contribution in [0.15, 0.2) is 48.5 Å². The van der Waals surface area contributed by atoms with Gasteiger partial charge in [0, 0.05) is 23.3 Å². The molecule has 0 unspecified atom stereocenters.